The number of amides is 2. The number of anilines is 2. The van der Waals surface area contributed by atoms with Gasteiger partial charge in [0.1, 0.15) is 11.5 Å². The van der Waals surface area contributed by atoms with E-state index < -0.39 is 0 Å². The van der Waals surface area contributed by atoms with E-state index in [0.717, 1.165) is 18.7 Å². The summed E-state index contributed by atoms with van der Waals surface area (Å²) in [4.78, 5) is 31.9. The average Bonchev–Trinajstić information content (AvgIpc) is 3.08. The molecule has 0 radical (unpaired) electrons. The maximum absolute atomic E-state index is 13.3. The lowest BCUT2D eigenvalue weighted by atomic mass is 10.1. The van der Waals surface area contributed by atoms with Crippen LogP contribution in [-0.4, -0.2) is 63.7 Å². The van der Waals surface area contributed by atoms with E-state index in [2.05, 4.69) is 11.0 Å². The van der Waals surface area contributed by atoms with Crippen molar-refractivity contribution in [3.05, 3.63) is 48.0 Å². The number of methoxy groups -OCH3 is 2. The number of nitriles is 1. The zero-order chi connectivity index (χ0) is 23.4. The summed E-state index contributed by atoms with van der Waals surface area (Å²) in [5.74, 6) is 0.757. The van der Waals surface area contributed by atoms with Crippen molar-refractivity contribution in [3.8, 4) is 17.6 Å². The average molecular weight is 449 g/mol. The van der Waals surface area contributed by atoms with Crippen LogP contribution in [0.4, 0.5) is 11.4 Å². The quantitative estimate of drug-likeness (QED) is 0.699. The molecule has 0 N–H and O–H groups in total. The summed E-state index contributed by atoms with van der Waals surface area (Å²) >= 11 is 0. The molecule has 8 heteroatoms. The Morgan fingerprint density at radius 3 is 2.52 bits per heavy atom. The predicted octanol–water partition coefficient (Wildman–Crippen LogP) is 2.67. The lowest BCUT2D eigenvalue weighted by Gasteiger charge is -2.25. The molecule has 8 nitrogen and oxygen atoms in total. The highest BCUT2D eigenvalue weighted by Gasteiger charge is 2.38. The van der Waals surface area contributed by atoms with Crippen molar-refractivity contribution < 1.29 is 19.1 Å². The van der Waals surface area contributed by atoms with E-state index in [1.165, 1.54) is 0 Å². The van der Waals surface area contributed by atoms with Crippen molar-refractivity contribution in [2.75, 3.05) is 56.7 Å². The zero-order valence-corrected chi connectivity index (χ0v) is 19.0. The van der Waals surface area contributed by atoms with E-state index in [9.17, 15) is 9.59 Å². The van der Waals surface area contributed by atoms with Gasteiger partial charge >= 0.3 is 0 Å². The van der Waals surface area contributed by atoms with Crippen LogP contribution in [0.5, 0.6) is 11.5 Å². The van der Waals surface area contributed by atoms with Crippen LogP contribution in [0.25, 0.3) is 0 Å². The van der Waals surface area contributed by atoms with Gasteiger partial charge in [0, 0.05) is 50.9 Å². The normalized spacial score (nSPS) is 18.6. The van der Waals surface area contributed by atoms with E-state index in [1.807, 2.05) is 29.2 Å². The summed E-state index contributed by atoms with van der Waals surface area (Å²) in [5, 5.41) is 9.00. The Hall–Kier alpha value is -3.73. The Balaban J connectivity index is 1.42. The van der Waals surface area contributed by atoms with Gasteiger partial charge in [0.15, 0.2) is 0 Å². The van der Waals surface area contributed by atoms with Crippen molar-refractivity contribution in [1.82, 2.24) is 4.90 Å². The maximum atomic E-state index is 13.3. The molecule has 172 valence electrons. The number of benzene rings is 2. The lowest BCUT2D eigenvalue weighted by molar-refractivity contribution is -0.135. The van der Waals surface area contributed by atoms with Crippen molar-refractivity contribution in [1.29, 1.82) is 5.26 Å². The third kappa shape index (κ3) is 4.72. The SMILES string of the molecule is COc1ccc(OC)c(N2CC(C(=O)N3CCCN(c4ccc(C#N)cc4)CC3)CC2=O)c1. The molecule has 0 aliphatic carbocycles. The first-order valence-electron chi connectivity index (χ1n) is 11.1. The van der Waals surface area contributed by atoms with Gasteiger partial charge in [-0.2, -0.15) is 5.26 Å². The van der Waals surface area contributed by atoms with Crippen LogP contribution < -0.4 is 19.3 Å². The van der Waals surface area contributed by atoms with E-state index in [4.69, 9.17) is 14.7 Å². The molecule has 0 spiro atoms. The first-order valence-corrected chi connectivity index (χ1v) is 11.1. The highest BCUT2D eigenvalue weighted by molar-refractivity contribution is 6.01. The number of nitrogens with zero attached hydrogens (tertiary/aromatic N) is 4. The molecule has 2 aliphatic heterocycles. The molecular weight excluding hydrogens is 420 g/mol. The number of carbonyl (C=O) groups is 2. The Morgan fingerprint density at radius 2 is 1.82 bits per heavy atom. The number of carbonyl (C=O) groups excluding carboxylic acids is 2. The van der Waals surface area contributed by atoms with Gasteiger partial charge < -0.3 is 24.2 Å². The molecule has 0 saturated carbocycles. The molecule has 1 atom stereocenters. The van der Waals surface area contributed by atoms with Crippen LogP contribution in [0.3, 0.4) is 0 Å². The number of hydrogen-bond donors (Lipinski definition) is 0. The second-order valence-corrected chi connectivity index (χ2v) is 8.27. The van der Waals surface area contributed by atoms with Gasteiger partial charge in [-0.1, -0.05) is 0 Å². The fourth-order valence-electron chi connectivity index (χ4n) is 4.51. The van der Waals surface area contributed by atoms with Crippen LogP contribution >= 0.6 is 0 Å². The summed E-state index contributed by atoms with van der Waals surface area (Å²) < 4.78 is 10.7. The van der Waals surface area contributed by atoms with Crippen LogP contribution in [0.1, 0.15) is 18.4 Å². The molecule has 2 saturated heterocycles. The summed E-state index contributed by atoms with van der Waals surface area (Å²) in [6.07, 6.45) is 1.04. The molecule has 0 aromatic heterocycles. The summed E-state index contributed by atoms with van der Waals surface area (Å²) in [7, 11) is 3.13. The number of hydrogen-bond acceptors (Lipinski definition) is 6. The largest absolute Gasteiger partial charge is 0.497 e. The minimum atomic E-state index is -0.380. The first kappa shape index (κ1) is 22.5. The molecule has 2 fully saturated rings. The molecule has 0 bridgehead atoms. The molecule has 2 aromatic carbocycles. The number of ether oxygens (including phenoxy) is 2. The van der Waals surface area contributed by atoms with Gasteiger partial charge in [-0.05, 0) is 42.8 Å². The standard InChI is InChI=1S/C25H28N4O4/c1-32-21-8-9-23(33-2)22(15-21)29-17-19(14-24(29)30)25(31)28-11-3-10-27(12-13-28)20-6-4-18(16-26)5-7-20/h4-9,15,19H,3,10-14,17H2,1-2H3. The van der Waals surface area contributed by atoms with Gasteiger partial charge in [-0.15, -0.1) is 0 Å². The Labute approximate surface area is 193 Å². The van der Waals surface area contributed by atoms with Gasteiger partial charge in [0.25, 0.3) is 0 Å². The van der Waals surface area contributed by atoms with Crippen molar-refractivity contribution in [2.45, 2.75) is 12.8 Å². The third-order valence-corrected chi connectivity index (χ3v) is 6.32. The van der Waals surface area contributed by atoms with Crippen LogP contribution in [-0.2, 0) is 9.59 Å². The van der Waals surface area contributed by atoms with Gasteiger partial charge in [-0.3, -0.25) is 9.59 Å². The van der Waals surface area contributed by atoms with E-state index >= 15 is 0 Å². The summed E-state index contributed by atoms with van der Waals surface area (Å²) in [6, 6.07) is 15.0. The summed E-state index contributed by atoms with van der Waals surface area (Å²) in [6.45, 7) is 3.15. The monoisotopic (exact) mass is 448 g/mol. The maximum Gasteiger partial charge on any atom is 0.228 e. The number of rotatable bonds is 5. The smallest absolute Gasteiger partial charge is 0.228 e. The first-order chi connectivity index (χ1) is 16.0. The van der Waals surface area contributed by atoms with Gasteiger partial charge in [-0.25, -0.2) is 0 Å². The molecule has 4 rings (SSSR count). The molecule has 2 amide bonds. The van der Waals surface area contributed by atoms with Crippen LogP contribution in [0.15, 0.2) is 42.5 Å². The fraction of sp³-hybridized carbons (Fsp3) is 0.400. The van der Waals surface area contributed by atoms with Crippen molar-refractivity contribution >= 4 is 23.2 Å². The Bertz CT molecular complexity index is 1060. The van der Waals surface area contributed by atoms with Crippen LogP contribution in [0.2, 0.25) is 0 Å². The molecule has 33 heavy (non-hydrogen) atoms. The van der Waals surface area contributed by atoms with Crippen molar-refractivity contribution in [3.63, 3.8) is 0 Å². The zero-order valence-electron chi connectivity index (χ0n) is 19.0. The third-order valence-electron chi connectivity index (χ3n) is 6.32. The summed E-state index contributed by atoms with van der Waals surface area (Å²) in [5.41, 5.74) is 2.31. The fourth-order valence-corrected chi connectivity index (χ4v) is 4.51. The molecule has 2 aromatic rings. The topological polar surface area (TPSA) is 86.1 Å². The van der Waals surface area contributed by atoms with E-state index in [1.54, 1.807) is 37.3 Å². The highest BCUT2D eigenvalue weighted by Crippen LogP contribution is 2.36. The van der Waals surface area contributed by atoms with Crippen LogP contribution in [0, 0.1) is 17.2 Å². The van der Waals surface area contributed by atoms with E-state index in [-0.39, 0.29) is 24.2 Å². The second kappa shape index (κ2) is 9.82. The minimum absolute atomic E-state index is 0.0226. The molecular formula is C25H28N4O4. The Kier molecular flexibility index (Phi) is 6.68. The van der Waals surface area contributed by atoms with E-state index in [0.29, 0.717) is 48.9 Å². The molecule has 1 unspecified atom stereocenters. The van der Waals surface area contributed by atoms with Gasteiger partial charge in [0.2, 0.25) is 11.8 Å². The lowest BCUT2D eigenvalue weighted by Crippen LogP contribution is -2.40. The van der Waals surface area contributed by atoms with Crippen molar-refractivity contribution in [2.24, 2.45) is 5.92 Å². The molecule has 2 heterocycles. The van der Waals surface area contributed by atoms with Gasteiger partial charge in [0.05, 0.1) is 37.5 Å². The molecule has 2 aliphatic rings. The highest BCUT2D eigenvalue weighted by atomic mass is 16.5. The second-order valence-electron chi connectivity index (χ2n) is 8.27. The minimum Gasteiger partial charge on any atom is -0.497 e. The Morgan fingerprint density at radius 1 is 1.03 bits per heavy atom. The predicted molar refractivity (Wildman–Crippen MR) is 125 cm³/mol.